The Morgan fingerprint density at radius 1 is 1.37 bits per heavy atom. The highest BCUT2D eigenvalue weighted by Crippen LogP contribution is 2.22. The van der Waals surface area contributed by atoms with E-state index in [1.807, 2.05) is 19.1 Å². The Kier molecular flexibility index (Phi) is 3.46. The number of ether oxygens (including phenoxy) is 1. The number of pyridine rings is 1. The molecular formula is C14H17N3O2. The fraction of sp³-hybridized carbons (Fsp3) is 0.429. The molecule has 0 unspecified atom stereocenters. The summed E-state index contributed by atoms with van der Waals surface area (Å²) >= 11 is 0. The van der Waals surface area contributed by atoms with Gasteiger partial charge in [0, 0.05) is 24.3 Å². The Morgan fingerprint density at radius 3 is 3.00 bits per heavy atom. The van der Waals surface area contributed by atoms with Crippen molar-refractivity contribution < 1.29 is 9.26 Å². The number of nitrogens with zero attached hydrogens (tertiary/aromatic N) is 2. The predicted molar refractivity (Wildman–Crippen MR) is 69.7 cm³/mol. The molecule has 0 saturated heterocycles. The van der Waals surface area contributed by atoms with E-state index in [0.717, 1.165) is 23.7 Å². The molecule has 3 rings (SSSR count). The van der Waals surface area contributed by atoms with Crippen LogP contribution in [0.4, 0.5) is 0 Å². The van der Waals surface area contributed by atoms with Gasteiger partial charge >= 0.3 is 0 Å². The van der Waals surface area contributed by atoms with Gasteiger partial charge in [0.2, 0.25) is 0 Å². The molecule has 1 fully saturated rings. The van der Waals surface area contributed by atoms with E-state index in [1.54, 1.807) is 12.3 Å². The number of aromatic nitrogens is 2. The van der Waals surface area contributed by atoms with Crippen molar-refractivity contribution in [3.63, 3.8) is 0 Å². The molecule has 100 valence electrons. The monoisotopic (exact) mass is 259 g/mol. The second kappa shape index (κ2) is 5.40. The number of nitrogens with one attached hydrogen (secondary N) is 1. The van der Waals surface area contributed by atoms with Crippen molar-refractivity contribution >= 4 is 0 Å². The minimum absolute atomic E-state index is 0.376. The normalized spacial score (nSPS) is 14.6. The zero-order chi connectivity index (χ0) is 13.1. The maximum atomic E-state index is 5.75. The lowest BCUT2D eigenvalue weighted by atomic mass is 10.2. The molecule has 0 amide bonds. The van der Waals surface area contributed by atoms with Gasteiger partial charge in [0.25, 0.3) is 0 Å². The van der Waals surface area contributed by atoms with E-state index in [2.05, 4.69) is 15.5 Å². The van der Waals surface area contributed by atoms with Crippen LogP contribution in [-0.4, -0.2) is 16.2 Å². The van der Waals surface area contributed by atoms with E-state index in [1.165, 1.54) is 12.8 Å². The maximum Gasteiger partial charge on any atom is 0.174 e. The quantitative estimate of drug-likeness (QED) is 0.861. The topological polar surface area (TPSA) is 60.2 Å². The summed E-state index contributed by atoms with van der Waals surface area (Å²) in [6, 6.07) is 6.37. The van der Waals surface area contributed by atoms with Crippen molar-refractivity contribution in [2.24, 2.45) is 0 Å². The third-order valence-electron chi connectivity index (χ3n) is 3.07. The summed E-state index contributed by atoms with van der Waals surface area (Å²) in [5.41, 5.74) is 1.95. The van der Waals surface area contributed by atoms with Gasteiger partial charge in [-0.1, -0.05) is 5.16 Å². The molecular weight excluding hydrogens is 242 g/mol. The minimum atomic E-state index is 0.376. The summed E-state index contributed by atoms with van der Waals surface area (Å²) in [5, 5.41) is 7.11. The Morgan fingerprint density at radius 2 is 2.26 bits per heavy atom. The fourth-order valence-corrected chi connectivity index (χ4v) is 1.85. The van der Waals surface area contributed by atoms with Crippen molar-refractivity contribution in [1.29, 1.82) is 0 Å². The summed E-state index contributed by atoms with van der Waals surface area (Å²) < 4.78 is 10.8. The number of rotatable bonds is 6. The van der Waals surface area contributed by atoms with Crippen LogP contribution in [0.3, 0.4) is 0 Å². The van der Waals surface area contributed by atoms with Crippen LogP contribution >= 0.6 is 0 Å². The van der Waals surface area contributed by atoms with Gasteiger partial charge in [-0.25, -0.2) is 0 Å². The average Bonchev–Trinajstić information content (AvgIpc) is 3.10. The molecule has 1 aliphatic rings. The first kappa shape index (κ1) is 12.2. The molecule has 0 spiro atoms. The van der Waals surface area contributed by atoms with E-state index in [0.29, 0.717) is 18.4 Å². The van der Waals surface area contributed by atoms with Crippen molar-refractivity contribution in [3.8, 4) is 5.75 Å². The summed E-state index contributed by atoms with van der Waals surface area (Å²) in [5.74, 6) is 1.51. The van der Waals surface area contributed by atoms with Crippen LogP contribution in [0.25, 0.3) is 0 Å². The van der Waals surface area contributed by atoms with Gasteiger partial charge in [-0.05, 0) is 31.9 Å². The van der Waals surface area contributed by atoms with Crippen LogP contribution in [0.15, 0.2) is 28.9 Å². The first-order valence-electron chi connectivity index (χ1n) is 6.53. The van der Waals surface area contributed by atoms with Crippen molar-refractivity contribution in [2.75, 3.05) is 0 Å². The highest BCUT2D eigenvalue weighted by atomic mass is 16.5. The van der Waals surface area contributed by atoms with Crippen LogP contribution in [0.1, 0.15) is 30.0 Å². The second-order valence-corrected chi connectivity index (χ2v) is 4.82. The Labute approximate surface area is 112 Å². The van der Waals surface area contributed by atoms with Gasteiger partial charge in [-0.15, -0.1) is 0 Å². The number of hydrogen-bond donors (Lipinski definition) is 1. The van der Waals surface area contributed by atoms with Gasteiger partial charge in [0.1, 0.15) is 12.4 Å². The highest BCUT2D eigenvalue weighted by molar-refractivity contribution is 5.29. The van der Waals surface area contributed by atoms with Crippen LogP contribution in [0.2, 0.25) is 0 Å². The third kappa shape index (κ3) is 3.32. The molecule has 0 bridgehead atoms. The standard InChI is InChI=1S/C14H17N3O2/c1-10-2-5-14(18-9-12-6-7-16-19-12)13(17-10)8-15-11-3-4-11/h2,5-7,11,15H,3-4,8-9H2,1H3. The first-order chi connectivity index (χ1) is 9.31. The fourth-order valence-electron chi connectivity index (χ4n) is 1.85. The van der Waals surface area contributed by atoms with E-state index < -0.39 is 0 Å². The molecule has 5 nitrogen and oxygen atoms in total. The predicted octanol–water partition coefficient (Wildman–Crippen LogP) is 2.21. The van der Waals surface area contributed by atoms with Gasteiger partial charge in [-0.2, -0.15) is 0 Å². The van der Waals surface area contributed by atoms with Gasteiger partial charge in [-0.3, -0.25) is 4.98 Å². The molecule has 2 heterocycles. The summed E-state index contributed by atoms with van der Waals surface area (Å²) in [6.45, 7) is 3.11. The average molecular weight is 259 g/mol. The Balaban J connectivity index is 1.67. The van der Waals surface area contributed by atoms with Crippen LogP contribution in [0.5, 0.6) is 5.75 Å². The molecule has 19 heavy (non-hydrogen) atoms. The third-order valence-corrected chi connectivity index (χ3v) is 3.07. The molecule has 0 radical (unpaired) electrons. The van der Waals surface area contributed by atoms with E-state index in [-0.39, 0.29) is 0 Å². The van der Waals surface area contributed by atoms with E-state index in [9.17, 15) is 0 Å². The largest absolute Gasteiger partial charge is 0.484 e. The highest BCUT2D eigenvalue weighted by Gasteiger charge is 2.21. The molecule has 0 atom stereocenters. The molecule has 0 aromatic carbocycles. The zero-order valence-corrected chi connectivity index (χ0v) is 10.9. The molecule has 2 aromatic heterocycles. The van der Waals surface area contributed by atoms with Gasteiger partial charge in [0.15, 0.2) is 5.76 Å². The van der Waals surface area contributed by atoms with Crippen LogP contribution in [0, 0.1) is 6.92 Å². The maximum absolute atomic E-state index is 5.75. The molecule has 5 heteroatoms. The molecule has 1 N–H and O–H groups in total. The summed E-state index contributed by atoms with van der Waals surface area (Å²) in [7, 11) is 0. The zero-order valence-electron chi connectivity index (χ0n) is 10.9. The Hall–Kier alpha value is -1.88. The van der Waals surface area contributed by atoms with Crippen LogP contribution in [-0.2, 0) is 13.2 Å². The van der Waals surface area contributed by atoms with Crippen molar-refractivity contribution in [3.05, 3.63) is 41.5 Å². The minimum Gasteiger partial charge on any atom is -0.484 e. The lowest BCUT2D eigenvalue weighted by Gasteiger charge is -2.11. The van der Waals surface area contributed by atoms with Gasteiger partial charge < -0.3 is 14.6 Å². The summed E-state index contributed by atoms with van der Waals surface area (Å²) in [6.07, 6.45) is 4.14. The number of aryl methyl sites for hydroxylation is 1. The van der Waals surface area contributed by atoms with E-state index >= 15 is 0 Å². The van der Waals surface area contributed by atoms with Crippen LogP contribution < -0.4 is 10.1 Å². The van der Waals surface area contributed by atoms with Crippen molar-refractivity contribution in [1.82, 2.24) is 15.5 Å². The van der Waals surface area contributed by atoms with Gasteiger partial charge in [0.05, 0.1) is 11.9 Å². The molecule has 1 aliphatic carbocycles. The second-order valence-electron chi connectivity index (χ2n) is 4.82. The smallest absolute Gasteiger partial charge is 0.174 e. The Bertz CT molecular complexity index is 536. The lowest BCUT2D eigenvalue weighted by Crippen LogP contribution is -2.17. The van der Waals surface area contributed by atoms with E-state index in [4.69, 9.17) is 9.26 Å². The first-order valence-corrected chi connectivity index (χ1v) is 6.53. The number of hydrogen-bond acceptors (Lipinski definition) is 5. The molecule has 1 saturated carbocycles. The molecule has 2 aromatic rings. The SMILES string of the molecule is Cc1ccc(OCc2ccno2)c(CNC2CC2)n1. The van der Waals surface area contributed by atoms with Crippen molar-refractivity contribution in [2.45, 2.75) is 39.0 Å². The summed E-state index contributed by atoms with van der Waals surface area (Å²) in [4.78, 5) is 4.54. The lowest BCUT2D eigenvalue weighted by molar-refractivity contribution is 0.246. The molecule has 0 aliphatic heterocycles.